The monoisotopic (exact) mass is 342 g/mol. The number of hydrogen-bond acceptors (Lipinski definition) is 5. The minimum Gasteiger partial charge on any atom is -0.329 e. The molecule has 0 aromatic carbocycles. The number of likely N-dealkylation sites (tertiary alicyclic amines) is 1. The predicted octanol–water partition coefficient (Wildman–Crippen LogP) is 2.26. The summed E-state index contributed by atoms with van der Waals surface area (Å²) in [5.41, 5.74) is 6.29. The van der Waals surface area contributed by atoms with Crippen molar-refractivity contribution in [2.45, 2.75) is 61.1 Å². The van der Waals surface area contributed by atoms with Crippen LogP contribution in [0.2, 0.25) is 0 Å². The van der Waals surface area contributed by atoms with Gasteiger partial charge in [-0.25, -0.2) is 0 Å². The van der Waals surface area contributed by atoms with Gasteiger partial charge in [0.15, 0.2) is 0 Å². The number of nitrogens with two attached hydrogens (primary N) is 1. The van der Waals surface area contributed by atoms with Crippen LogP contribution in [0.3, 0.4) is 0 Å². The van der Waals surface area contributed by atoms with E-state index < -0.39 is 6.04 Å². The minimum absolute atomic E-state index is 0.00708. The molecule has 3 aliphatic rings. The summed E-state index contributed by atoms with van der Waals surface area (Å²) in [4.78, 5) is 26.1. The van der Waals surface area contributed by atoms with Gasteiger partial charge in [-0.2, -0.15) is 0 Å². The smallest absolute Gasteiger partial charge is 0.240 e. The normalized spacial score (nSPS) is 30.4. The number of nitrogens with zero attached hydrogens (tertiary/aromatic N) is 1. The summed E-state index contributed by atoms with van der Waals surface area (Å²) in [6.45, 7) is 0.686. The summed E-state index contributed by atoms with van der Waals surface area (Å²) in [6, 6.07) is -0.697. The fourth-order valence-electron chi connectivity index (χ4n) is 3.95. The van der Waals surface area contributed by atoms with Gasteiger partial charge in [0.05, 0.1) is 16.2 Å². The molecule has 2 aliphatic heterocycles. The molecule has 0 aromatic rings. The van der Waals surface area contributed by atoms with Gasteiger partial charge in [-0.3, -0.25) is 4.79 Å². The highest BCUT2D eigenvalue weighted by Crippen LogP contribution is 2.50. The molecule has 1 spiro atoms. The fourth-order valence-corrected chi connectivity index (χ4v) is 7.32. The highest BCUT2D eigenvalue weighted by molar-refractivity contribution is 8.18. The van der Waals surface area contributed by atoms with Crippen LogP contribution in [0.25, 0.3) is 0 Å². The summed E-state index contributed by atoms with van der Waals surface area (Å²) in [5.74, 6) is 2.58. The average molecular weight is 343 g/mol. The summed E-state index contributed by atoms with van der Waals surface area (Å²) in [7, 11) is 0. The number of rotatable bonds is 3. The Morgan fingerprint density at radius 1 is 1.18 bits per heavy atom. The Morgan fingerprint density at radius 3 is 2.50 bits per heavy atom. The van der Waals surface area contributed by atoms with Crippen molar-refractivity contribution in [1.82, 2.24) is 4.90 Å². The van der Waals surface area contributed by atoms with E-state index in [4.69, 9.17) is 5.73 Å². The van der Waals surface area contributed by atoms with E-state index in [-0.39, 0.29) is 16.0 Å². The molecule has 0 aromatic heterocycles. The van der Waals surface area contributed by atoms with Crippen LogP contribution in [0.1, 0.15) is 44.9 Å². The first kappa shape index (κ1) is 16.7. The molecule has 4 nitrogen and oxygen atoms in total. The Hall–Kier alpha value is -0.200. The van der Waals surface area contributed by atoms with Gasteiger partial charge < -0.3 is 15.4 Å². The van der Waals surface area contributed by atoms with Crippen molar-refractivity contribution in [3.8, 4) is 0 Å². The third-order valence-corrected chi connectivity index (χ3v) is 8.57. The van der Waals surface area contributed by atoms with Crippen molar-refractivity contribution in [2.24, 2.45) is 11.7 Å². The lowest BCUT2D eigenvalue weighted by Crippen LogP contribution is -2.50. The number of carbonyl (C=O) groups excluding carboxylic acids is 2. The second-order valence-corrected chi connectivity index (χ2v) is 9.97. The van der Waals surface area contributed by atoms with Gasteiger partial charge in [0.2, 0.25) is 5.91 Å². The van der Waals surface area contributed by atoms with Crippen LogP contribution in [0.5, 0.6) is 0 Å². The lowest BCUT2D eigenvalue weighted by molar-refractivity contribution is -0.137. The summed E-state index contributed by atoms with van der Waals surface area (Å²) >= 11 is 3.86. The van der Waals surface area contributed by atoms with Gasteiger partial charge in [-0.15, -0.1) is 23.5 Å². The minimum atomic E-state index is -0.420. The molecule has 6 heteroatoms. The first-order valence-electron chi connectivity index (χ1n) is 8.44. The highest BCUT2D eigenvalue weighted by Gasteiger charge is 2.48. The molecule has 0 bridgehead atoms. The molecule has 22 heavy (non-hydrogen) atoms. The van der Waals surface area contributed by atoms with Crippen molar-refractivity contribution in [2.75, 3.05) is 18.1 Å². The van der Waals surface area contributed by atoms with Crippen LogP contribution in [0, 0.1) is 5.92 Å². The standard InChI is InChI=1S/C16H26N2O2S2/c17-14(12-5-2-1-3-6-12)15(20)18-11-16(9-13(18)10-19)21-7-4-8-22-16/h10,12-14H,1-9,11,17H2/t13-,14?/m0/s1. The fraction of sp³-hybridized carbons (Fsp3) is 0.875. The van der Waals surface area contributed by atoms with E-state index in [0.29, 0.717) is 12.5 Å². The molecule has 1 aliphatic carbocycles. The SMILES string of the molecule is NC(C(=O)N1CC2(C[C@H]1C=O)SCCCS2)C1CCCCC1. The number of aldehydes is 1. The first-order chi connectivity index (χ1) is 10.7. The number of hydrogen-bond donors (Lipinski definition) is 1. The summed E-state index contributed by atoms with van der Waals surface area (Å²) in [5, 5.41) is 0. The maximum Gasteiger partial charge on any atom is 0.240 e. The van der Waals surface area contributed by atoms with Crippen LogP contribution >= 0.6 is 23.5 Å². The van der Waals surface area contributed by atoms with Crippen LogP contribution in [-0.4, -0.2) is 51.3 Å². The average Bonchev–Trinajstić information content (AvgIpc) is 2.93. The molecule has 1 amide bonds. The Bertz CT molecular complexity index is 420. The zero-order chi connectivity index (χ0) is 15.6. The second-order valence-electron chi connectivity index (χ2n) is 6.76. The van der Waals surface area contributed by atoms with Crippen molar-refractivity contribution in [1.29, 1.82) is 0 Å². The molecule has 124 valence electrons. The Morgan fingerprint density at radius 2 is 1.86 bits per heavy atom. The number of carbonyl (C=O) groups is 2. The van der Waals surface area contributed by atoms with E-state index >= 15 is 0 Å². The molecule has 3 rings (SSSR count). The van der Waals surface area contributed by atoms with E-state index in [2.05, 4.69) is 0 Å². The van der Waals surface area contributed by atoms with Gasteiger partial charge in [-0.1, -0.05) is 19.3 Å². The Labute approximate surface area is 141 Å². The van der Waals surface area contributed by atoms with Gasteiger partial charge in [-0.05, 0) is 36.7 Å². The quantitative estimate of drug-likeness (QED) is 0.797. The van der Waals surface area contributed by atoms with E-state index in [1.807, 2.05) is 23.5 Å². The van der Waals surface area contributed by atoms with Crippen molar-refractivity contribution in [3.63, 3.8) is 0 Å². The predicted molar refractivity (Wildman–Crippen MR) is 93.0 cm³/mol. The van der Waals surface area contributed by atoms with Crippen molar-refractivity contribution >= 4 is 35.7 Å². The first-order valence-corrected chi connectivity index (χ1v) is 10.4. The zero-order valence-electron chi connectivity index (χ0n) is 13.0. The maximum absolute atomic E-state index is 12.9. The number of thioether (sulfide) groups is 2. The van der Waals surface area contributed by atoms with Gasteiger partial charge >= 0.3 is 0 Å². The van der Waals surface area contributed by atoms with Gasteiger partial charge in [0.25, 0.3) is 0 Å². The largest absolute Gasteiger partial charge is 0.329 e. The molecular weight excluding hydrogens is 316 g/mol. The van der Waals surface area contributed by atoms with Crippen LogP contribution in [0.4, 0.5) is 0 Å². The topological polar surface area (TPSA) is 63.4 Å². The van der Waals surface area contributed by atoms with E-state index in [1.165, 1.54) is 25.7 Å². The van der Waals surface area contributed by atoms with Gasteiger partial charge in [0.1, 0.15) is 6.29 Å². The van der Waals surface area contributed by atoms with Crippen LogP contribution < -0.4 is 5.73 Å². The highest BCUT2D eigenvalue weighted by atomic mass is 32.2. The van der Waals surface area contributed by atoms with Crippen LogP contribution in [-0.2, 0) is 9.59 Å². The molecular formula is C16H26N2O2S2. The third-order valence-electron chi connectivity index (χ3n) is 5.23. The van der Waals surface area contributed by atoms with Crippen molar-refractivity contribution in [3.05, 3.63) is 0 Å². The molecule has 1 saturated carbocycles. The molecule has 2 atom stereocenters. The Balaban J connectivity index is 1.68. The molecule has 2 saturated heterocycles. The van der Waals surface area contributed by atoms with Gasteiger partial charge in [0, 0.05) is 13.0 Å². The van der Waals surface area contributed by atoms with Crippen molar-refractivity contribution < 1.29 is 9.59 Å². The lowest BCUT2D eigenvalue weighted by Gasteiger charge is -2.33. The maximum atomic E-state index is 12.9. The van der Waals surface area contributed by atoms with E-state index in [0.717, 1.165) is 37.1 Å². The second kappa shape index (κ2) is 7.14. The van der Waals surface area contributed by atoms with Crippen LogP contribution in [0.15, 0.2) is 0 Å². The van der Waals surface area contributed by atoms with E-state index in [9.17, 15) is 9.59 Å². The molecule has 2 heterocycles. The molecule has 1 unspecified atom stereocenters. The third kappa shape index (κ3) is 3.34. The molecule has 3 fully saturated rings. The Kier molecular flexibility index (Phi) is 5.40. The summed E-state index contributed by atoms with van der Waals surface area (Å²) < 4.78 is 0.0335. The van der Waals surface area contributed by atoms with E-state index in [1.54, 1.807) is 4.90 Å². The number of amides is 1. The summed E-state index contributed by atoms with van der Waals surface area (Å²) in [6.07, 6.45) is 8.69. The molecule has 0 radical (unpaired) electrons. The lowest BCUT2D eigenvalue weighted by atomic mass is 9.83. The zero-order valence-corrected chi connectivity index (χ0v) is 14.7. The molecule has 2 N–H and O–H groups in total.